The molecule has 134 valence electrons. The van der Waals surface area contributed by atoms with Gasteiger partial charge in [-0.1, -0.05) is 12.5 Å². The molecule has 1 unspecified atom stereocenters. The fourth-order valence-electron chi connectivity index (χ4n) is 3.75. The highest BCUT2D eigenvalue weighted by molar-refractivity contribution is 14.0. The number of nitrogens with one attached hydrogen (secondary N) is 1. The summed E-state index contributed by atoms with van der Waals surface area (Å²) < 4.78 is 0. The van der Waals surface area contributed by atoms with E-state index in [4.69, 9.17) is 5.73 Å². The van der Waals surface area contributed by atoms with Crippen molar-refractivity contribution in [3.05, 3.63) is 29.3 Å². The summed E-state index contributed by atoms with van der Waals surface area (Å²) in [5.41, 5.74) is 10.1. The van der Waals surface area contributed by atoms with E-state index in [-0.39, 0.29) is 24.0 Å². The third-order valence-electron chi connectivity index (χ3n) is 5.21. The van der Waals surface area contributed by atoms with Gasteiger partial charge in [0.15, 0.2) is 5.96 Å². The van der Waals surface area contributed by atoms with E-state index in [1.807, 2.05) is 0 Å². The van der Waals surface area contributed by atoms with Crippen molar-refractivity contribution in [1.29, 1.82) is 0 Å². The second-order valence-corrected chi connectivity index (χ2v) is 6.96. The lowest BCUT2D eigenvalue weighted by molar-refractivity contribution is 0.168. The Hall–Kier alpha value is -0.820. The van der Waals surface area contributed by atoms with Crippen LogP contribution < -0.4 is 11.1 Å². The maximum Gasteiger partial charge on any atom is 0.193 e. The summed E-state index contributed by atoms with van der Waals surface area (Å²) in [6.45, 7) is 5.59. The van der Waals surface area contributed by atoms with Crippen molar-refractivity contribution in [2.45, 2.75) is 57.9 Å². The largest absolute Gasteiger partial charge is 0.370 e. The zero-order valence-corrected chi connectivity index (χ0v) is 17.1. The molecular weight excluding hydrogens is 411 g/mol. The number of piperidine rings is 1. The minimum Gasteiger partial charge on any atom is -0.370 e. The SMILES string of the molecule is CC(CCN=C(N)Nc1ccc2c(c1)CCC2)N1CCCCC1.I. The van der Waals surface area contributed by atoms with E-state index in [1.165, 1.54) is 62.7 Å². The van der Waals surface area contributed by atoms with Gasteiger partial charge in [-0.15, -0.1) is 24.0 Å². The number of hydrogen-bond acceptors (Lipinski definition) is 2. The lowest BCUT2D eigenvalue weighted by Crippen LogP contribution is -2.37. The summed E-state index contributed by atoms with van der Waals surface area (Å²) in [4.78, 5) is 7.09. The van der Waals surface area contributed by atoms with Gasteiger partial charge in [0.05, 0.1) is 0 Å². The van der Waals surface area contributed by atoms with Crippen molar-refractivity contribution in [3.63, 3.8) is 0 Å². The molecule has 1 atom stereocenters. The van der Waals surface area contributed by atoms with Gasteiger partial charge < -0.3 is 16.0 Å². The number of fused-ring (bicyclic) bond motifs is 1. The maximum atomic E-state index is 6.04. The zero-order valence-electron chi connectivity index (χ0n) is 14.8. The van der Waals surface area contributed by atoms with E-state index in [0.717, 1.165) is 18.7 Å². The standard InChI is InChI=1S/C19H30N4.HI/c1-15(23-12-3-2-4-13-23)10-11-21-19(20)22-18-9-8-16-6-5-7-17(16)14-18;/h8-9,14-15H,2-7,10-13H2,1H3,(H3,20,21,22);1H. The fourth-order valence-corrected chi connectivity index (χ4v) is 3.75. The molecule has 0 spiro atoms. The molecule has 1 fully saturated rings. The first-order valence-electron chi connectivity index (χ1n) is 9.15. The van der Waals surface area contributed by atoms with Crippen LogP contribution in [0.1, 0.15) is 50.2 Å². The van der Waals surface area contributed by atoms with Gasteiger partial charge in [-0.3, -0.25) is 4.99 Å². The topological polar surface area (TPSA) is 53.6 Å². The number of aryl methyl sites for hydroxylation is 2. The van der Waals surface area contributed by atoms with Crippen molar-refractivity contribution < 1.29 is 0 Å². The van der Waals surface area contributed by atoms with E-state index in [9.17, 15) is 0 Å². The van der Waals surface area contributed by atoms with Crippen LogP contribution in [0.5, 0.6) is 0 Å². The summed E-state index contributed by atoms with van der Waals surface area (Å²) in [5.74, 6) is 0.536. The second kappa shape index (κ2) is 9.61. The molecule has 2 aliphatic rings. The minimum atomic E-state index is 0. The Bertz CT molecular complexity index is 552. The monoisotopic (exact) mass is 442 g/mol. The van der Waals surface area contributed by atoms with Gasteiger partial charge in [0.1, 0.15) is 0 Å². The molecule has 3 rings (SSSR count). The van der Waals surface area contributed by atoms with Crippen molar-refractivity contribution in [3.8, 4) is 0 Å². The van der Waals surface area contributed by atoms with Crippen molar-refractivity contribution >= 4 is 35.6 Å². The number of anilines is 1. The van der Waals surface area contributed by atoms with Crippen LogP contribution in [-0.2, 0) is 12.8 Å². The lowest BCUT2D eigenvalue weighted by Gasteiger charge is -2.32. The van der Waals surface area contributed by atoms with Crippen LogP contribution in [0.15, 0.2) is 23.2 Å². The predicted octanol–water partition coefficient (Wildman–Crippen LogP) is 3.78. The molecule has 1 aromatic carbocycles. The number of benzene rings is 1. The first kappa shape index (κ1) is 19.5. The molecule has 0 radical (unpaired) electrons. The van der Waals surface area contributed by atoms with Crippen LogP contribution in [-0.4, -0.2) is 36.5 Å². The van der Waals surface area contributed by atoms with Gasteiger partial charge >= 0.3 is 0 Å². The Balaban J connectivity index is 0.00000208. The number of nitrogens with zero attached hydrogens (tertiary/aromatic N) is 2. The molecular formula is C19H31IN4. The first-order chi connectivity index (χ1) is 11.2. The highest BCUT2D eigenvalue weighted by Gasteiger charge is 2.16. The summed E-state index contributed by atoms with van der Waals surface area (Å²) in [6, 6.07) is 7.16. The molecule has 3 N–H and O–H groups in total. The first-order valence-corrected chi connectivity index (χ1v) is 9.15. The number of halogens is 1. The average molecular weight is 442 g/mol. The quantitative estimate of drug-likeness (QED) is 0.415. The lowest BCUT2D eigenvalue weighted by atomic mass is 10.1. The normalized spacial score (nSPS) is 19.5. The van der Waals surface area contributed by atoms with E-state index < -0.39 is 0 Å². The molecule has 1 heterocycles. The number of likely N-dealkylation sites (tertiary alicyclic amines) is 1. The van der Waals surface area contributed by atoms with Crippen LogP contribution in [0.25, 0.3) is 0 Å². The Morgan fingerprint density at radius 3 is 2.71 bits per heavy atom. The van der Waals surface area contributed by atoms with Crippen LogP contribution in [0.3, 0.4) is 0 Å². The zero-order chi connectivity index (χ0) is 16.1. The number of rotatable bonds is 5. The molecule has 0 saturated carbocycles. The third kappa shape index (κ3) is 5.34. The maximum absolute atomic E-state index is 6.04. The van der Waals surface area contributed by atoms with Gasteiger partial charge in [-0.05, 0) is 81.8 Å². The number of aliphatic imine (C=N–C) groups is 1. The Morgan fingerprint density at radius 2 is 1.92 bits per heavy atom. The smallest absolute Gasteiger partial charge is 0.193 e. The number of guanidine groups is 1. The molecule has 1 aliphatic heterocycles. The summed E-state index contributed by atoms with van der Waals surface area (Å²) in [6.07, 6.45) is 8.83. The van der Waals surface area contributed by atoms with Gasteiger partial charge in [0, 0.05) is 18.3 Å². The third-order valence-corrected chi connectivity index (χ3v) is 5.21. The van der Waals surface area contributed by atoms with Gasteiger partial charge in [0.25, 0.3) is 0 Å². The van der Waals surface area contributed by atoms with E-state index in [2.05, 4.69) is 40.3 Å². The van der Waals surface area contributed by atoms with E-state index in [1.54, 1.807) is 0 Å². The van der Waals surface area contributed by atoms with Crippen molar-refractivity contribution in [2.75, 3.05) is 25.0 Å². The Kier molecular flexibility index (Phi) is 7.81. The summed E-state index contributed by atoms with van der Waals surface area (Å²) in [5, 5.41) is 3.24. The highest BCUT2D eigenvalue weighted by Crippen LogP contribution is 2.24. The fraction of sp³-hybridized carbons (Fsp3) is 0.632. The second-order valence-electron chi connectivity index (χ2n) is 6.96. The van der Waals surface area contributed by atoms with Gasteiger partial charge in [-0.2, -0.15) is 0 Å². The molecule has 1 aliphatic carbocycles. The van der Waals surface area contributed by atoms with Crippen LogP contribution in [0, 0.1) is 0 Å². The predicted molar refractivity (Wildman–Crippen MR) is 113 cm³/mol. The average Bonchev–Trinajstić information content (AvgIpc) is 3.03. The molecule has 0 aromatic heterocycles. The molecule has 1 saturated heterocycles. The summed E-state index contributed by atoms with van der Waals surface area (Å²) >= 11 is 0. The molecule has 5 heteroatoms. The molecule has 1 aromatic rings. The van der Waals surface area contributed by atoms with Crippen molar-refractivity contribution in [1.82, 2.24) is 4.90 Å². The Labute approximate surface area is 163 Å². The molecule has 24 heavy (non-hydrogen) atoms. The van der Waals surface area contributed by atoms with Crippen LogP contribution in [0.4, 0.5) is 5.69 Å². The molecule has 0 bridgehead atoms. The van der Waals surface area contributed by atoms with Crippen LogP contribution in [0.2, 0.25) is 0 Å². The van der Waals surface area contributed by atoms with Crippen LogP contribution >= 0.6 is 24.0 Å². The summed E-state index contributed by atoms with van der Waals surface area (Å²) in [7, 11) is 0. The molecule has 0 amide bonds. The van der Waals surface area contributed by atoms with E-state index >= 15 is 0 Å². The molecule has 4 nitrogen and oxygen atoms in total. The van der Waals surface area contributed by atoms with Crippen molar-refractivity contribution in [2.24, 2.45) is 10.7 Å². The Morgan fingerprint density at radius 1 is 1.17 bits per heavy atom. The minimum absolute atomic E-state index is 0. The number of nitrogens with two attached hydrogens (primary N) is 1. The highest BCUT2D eigenvalue weighted by atomic mass is 127. The van der Waals surface area contributed by atoms with Gasteiger partial charge in [0.2, 0.25) is 0 Å². The van der Waals surface area contributed by atoms with Gasteiger partial charge in [-0.25, -0.2) is 0 Å². The van der Waals surface area contributed by atoms with E-state index in [0.29, 0.717) is 12.0 Å². The number of hydrogen-bond donors (Lipinski definition) is 2.